The highest BCUT2D eigenvalue weighted by Crippen LogP contribution is 2.48. The lowest BCUT2D eigenvalue weighted by Crippen LogP contribution is -2.36. The molecule has 5 nitrogen and oxygen atoms in total. The Labute approximate surface area is 161 Å². The predicted molar refractivity (Wildman–Crippen MR) is 106 cm³/mol. The molecule has 0 radical (unpaired) electrons. The summed E-state index contributed by atoms with van der Waals surface area (Å²) in [5.41, 5.74) is 0.0921. The first-order chi connectivity index (χ1) is 12.9. The zero-order valence-corrected chi connectivity index (χ0v) is 17.0. The van der Waals surface area contributed by atoms with E-state index in [1.807, 2.05) is 48.5 Å². The maximum atomic E-state index is 13.2. The molecule has 6 heteroatoms. The van der Waals surface area contributed by atoms with Gasteiger partial charge in [0.15, 0.2) is 11.4 Å². The molecule has 0 aliphatic heterocycles. The molecule has 0 aromatic heterocycles. The SMILES string of the molecule is CCOP(=O)(CCOC(C)(C(=O)c1ccccc1)c1ccccc1)OCC. The number of hydrogen-bond acceptors (Lipinski definition) is 5. The predicted octanol–water partition coefficient (Wildman–Crippen LogP) is 5.07. The molecule has 0 aliphatic rings. The van der Waals surface area contributed by atoms with Crippen LogP contribution in [0.25, 0.3) is 0 Å². The molecule has 0 spiro atoms. The summed E-state index contributed by atoms with van der Waals surface area (Å²) < 4.78 is 29.3. The molecule has 2 rings (SSSR count). The number of hydrogen-bond donors (Lipinski definition) is 0. The van der Waals surface area contributed by atoms with Gasteiger partial charge in [0.25, 0.3) is 0 Å². The van der Waals surface area contributed by atoms with Gasteiger partial charge in [0, 0.05) is 5.56 Å². The van der Waals surface area contributed by atoms with Crippen LogP contribution in [0, 0.1) is 0 Å². The fourth-order valence-electron chi connectivity index (χ4n) is 2.82. The number of rotatable bonds is 11. The van der Waals surface area contributed by atoms with E-state index in [0.29, 0.717) is 5.56 Å². The van der Waals surface area contributed by atoms with Gasteiger partial charge in [-0.15, -0.1) is 0 Å². The lowest BCUT2D eigenvalue weighted by atomic mass is 9.87. The van der Waals surface area contributed by atoms with Crippen molar-refractivity contribution < 1.29 is 23.1 Å². The Morgan fingerprint density at radius 3 is 1.96 bits per heavy atom. The van der Waals surface area contributed by atoms with E-state index in [-0.39, 0.29) is 31.8 Å². The van der Waals surface area contributed by atoms with Crippen LogP contribution in [0.1, 0.15) is 36.7 Å². The van der Waals surface area contributed by atoms with Crippen LogP contribution >= 0.6 is 7.60 Å². The highest BCUT2D eigenvalue weighted by Gasteiger charge is 2.37. The van der Waals surface area contributed by atoms with Crippen molar-refractivity contribution in [2.24, 2.45) is 0 Å². The molecule has 0 N–H and O–H groups in total. The summed E-state index contributed by atoms with van der Waals surface area (Å²) in [6, 6.07) is 18.3. The van der Waals surface area contributed by atoms with E-state index in [2.05, 4.69) is 0 Å². The normalized spacial score (nSPS) is 13.9. The highest BCUT2D eigenvalue weighted by molar-refractivity contribution is 7.53. The molecule has 2 aromatic rings. The zero-order chi connectivity index (χ0) is 19.8. The van der Waals surface area contributed by atoms with E-state index < -0.39 is 13.2 Å². The van der Waals surface area contributed by atoms with Gasteiger partial charge < -0.3 is 13.8 Å². The van der Waals surface area contributed by atoms with Crippen LogP contribution in [0.15, 0.2) is 60.7 Å². The third-order valence-electron chi connectivity index (χ3n) is 4.20. The molecule has 0 saturated carbocycles. The first-order valence-corrected chi connectivity index (χ1v) is 10.9. The van der Waals surface area contributed by atoms with Crippen LogP contribution in [-0.2, 0) is 24.0 Å². The average Bonchev–Trinajstić information content (AvgIpc) is 2.69. The summed E-state index contributed by atoms with van der Waals surface area (Å²) in [5, 5.41) is 0. The molecule has 1 unspecified atom stereocenters. The van der Waals surface area contributed by atoms with Crippen LogP contribution in [0.4, 0.5) is 0 Å². The Morgan fingerprint density at radius 2 is 1.44 bits per heavy atom. The van der Waals surface area contributed by atoms with Gasteiger partial charge in [-0.25, -0.2) is 0 Å². The summed E-state index contributed by atoms with van der Waals surface area (Å²) in [6.45, 7) is 5.91. The molecule has 1 atom stereocenters. The van der Waals surface area contributed by atoms with Crippen molar-refractivity contribution >= 4 is 13.4 Å². The fourth-order valence-corrected chi connectivity index (χ4v) is 4.26. The molecule has 0 fully saturated rings. The van der Waals surface area contributed by atoms with Crippen molar-refractivity contribution in [3.63, 3.8) is 0 Å². The number of ketones is 1. The van der Waals surface area contributed by atoms with Crippen LogP contribution in [0.5, 0.6) is 0 Å². The van der Waals surface area contributed by atoms with Gasteiger partial charge in [-0.3, -0.25) is 9.36 Å². The Morgan fingerprint density at radius 1 is 0.926 bits per heavy atom. The number of carbonyl (C=O) groups excluding carboxylic acids is 1. The van der Waals surface area contributed by atoms with Crippen molar-refractivity contribution in [1.29, 1.82) is 0 Å². The van der Waals surface area contributed by atoms with Gasteiger partial charge in [-0.1, -0.05) is 60.7 Å². The van der Waals surface area contributed by atoms with Crippen LogP contribution in [0.3, 0.4) is 0 Å². The second kappa shape index (κ2) is 9.95. The van der Waals surface area contributed by atoms with E-state index in [1.165, 1.54) is 0 Å². The molecule has 2 aromatic carbocycles. The maximum Gasteiger partial charge on any atom is 0.332 e. The summed E-state index contributed by atoms with van der Waals surface area (Å²) in [7, 11) is -3.24. The van der Waals surface area contributed by atoms with Crippen molar-refractivity contribution in [1.82, 2.24) is 0 Å². The van der Waals surface area contributed by atoms with Crippen LogP contribution in [-0.4, -0.2) is 31.8 Å². The zero-order valence-electron chi connectivity index (χ0n) is 16.1. The Bertz CT molecular complexity index is 753. The number of Topliss-reactive ketones (excluding diaryl/α,β-unsaturated/α-hetero) is 1. The van der Waals surface area contributed by atoms with Crippen molar-refractivity contribution in [3.05, 3.63) is 71.8 Å². The second-order valence-electron chi connectivity index (χ2n) is 6.11. The monoisotopic (exact) mass is 390 g/mol. The van der Waals surface area contributed by atoms with Crippen molar-refractivity contribution in [2.75, 3.05) is 26.0 Å². The molecule has 0 saturated heterocycles. The van der Waals surface area contributed by atoms with E-state index >= 15 is 0 Å². The van der Waals surface area contributed by atoms with Gasteiger partial charge in [0.2, 0.25) is 0 Å². The van der Waals surface area contributed by atoms with Gasteiger partial charge in [-0.2, -0.15) is 0 Å². The second-order valence-corrected chi connectivity index (χ2v) is 8.30. The minimum Gasteiger partial charge on any atom is -0.362 e. The van der Waals surface area contributed by atoms with Crippen LogP contribution < -0.4 is 0 Å². The lowest BCUT2D eigenvalue weighted by Gasteiger charge is -2.30. The Hall–Kier alpha value is -1.78. The van der Waals surface area contributed by atoms with Gasteiger partial charge in [0.05, 0.1) is 26.0 Å². The Kier molecular flexibility index (Phi) is 7.93. The molecule has 27 heavy (non-hydrogen) atoms. The number of carbonyl (C=O) groups is 1. The topological polar surface area (TPSA) is 61.8 Å². The van der Waals surface area contributed by atoms with E-state index in [1.54, 1.807) is 32.9 Å². The van der Waals surface area contributed by atoms with E-state index in [4.69, 9.17) is 13.8 Å². The van der Waals surface area contributed by atoms with Gasteiger partial charge >= 0.3 is 7.60 Å². The van der Waals surface area contributed by atoms with Crippen LogP contribution in [0.2, 0.25) is 0 Å². The van der Waals surface area contributed by atoms with Gasteiger partial charge in [-0.05, 0) is 26.3 Å². The minimum atomic E-state index is -3.24. The van der Waals surface area contributed by atoms with E-state index in [9.17, 15) is 9.36 Å². The first kappa shape index (κ1) is 21.5. The molecular formula is C21H27O5P. The number of benzene rings is 2. The molecule has 0 bridgehead atoms. The first-order valence-electron chi connectivity index (χ1n) is 9.12. The lowest BCUT2D eigenvalue weighted by molar-refractivity contribution is -0.0133. The standard InChI is InChI=1S/C21H27O5P/c1-4-25-27(23,26-5-2)17-16-24-21(3,19-14-10-7-11-15-19)20(22)18-12-8-6-9-13-18/h6-15H,4-5,16-17H2,1-3H3. The van der Waals surface area contributed by atoms with E-state index in [0.717, 1.165) is 5.56 Å². The van der Waals surface area contributed by atoms with Gasteiger partial charge in [0.1, 0.15) is 0 Å². The highest BCUT2D eigenvalue weighted by atomic mass is 31.2. The third-order valence-corrected chi connectivity index (χ3v) is 6.23. The third kappa shape index (κ3) is 5.60. The molecular weight excluding hydrogens is 363 g/mol. The molecule has 146 valence electrons. The minimum absolute atomic E-state index is 0.0707. The maximum absolute atomic E-state index is 13.2. The van der Waals surface area contributed by atoms with Crippen molar-refractivity contribution in [2.45, 2.75) is 26.4 Å². The molecule has 0 aliphatic carbocycles. The summed E-state index contributed by atoms with van der Waals surface area (Å²) in [6.07, 6.45) is 0.0825. The number of ether oxygens (including phenoxy) is 1. The average molecular weight is 390 g/mol. The summed E-state index contributed by atoms with van der Waals surface area (Å²) >= 11 is 0. The smallest absolute Gasteiger partial charge is 0.332 e. The fraction of sp³-hybridized carbons (Fsp3) is 0.381. The van der Waals surface area contributed by atoms with Crippen molar-refractivity contribution in [3.8, 4) is 0 Å². The molecule has 0 amide bonds. The Balaban J connectivity index is 2.24. The summed E-state index contributed by atoms with van der Waals surface area (Å²) in [4.78, 5) is 13.2. The summed E-state index contributed by atoms with van der Waals surface area (Å²) in [5.74, 6) is -0.156. The molecule has 0 heterocycles. The quantitative estimate of drug-likeness (QED) is 0.396. The largest absolute Gasteiger partial charge is 0.362 e.